The molecule has 1 N–H and O–H groups in total. The van der Waals surface area contributed by atoms with Crippen molar-refractivity contribution in [3.63, 3.8) is 0 Å². The molecule has 0 amide bonds. The summed E-state index contributed by atoms with van der Waals surface area (Å²) in [7, 11) is -4.13. The minimum Gasteiger partial charge on any atom is -0.309 e. The number of rotatable bonds is 5. The summed E-state index contributed by atoms with van der Waals surface area (Å²) >= 11 is 0. The molecular weight excluding hydrogens is 305 g/mol. The van der Waals surface area contributed by atoms with E-state index in [1.807, 2.05) is 0 Å². The first-order chi connectivity index (χ1) is 9.74. The Morgan fingerprint density at radius 2 is 1.90 bits per heavy atom. The van der Waals surface area contributed by atoms with Gasteiger partial charge in [0.05, 0.1) is 4.90 Å². The van der Waals surface area contributed by atoms with E-state index < -0.39 is 22.7 Å². The van der Waals surface area contributed by atoms with Gasteiger partial charge in [0.1, 0.15) is 6.54 Å². The lowest BCUT2D eigenvalue weighted by atomic mass is 10.1. The average molecular weight is 322 g/mol. The molecule has 2 rings (SSSR count). The molecular formula is C13H17F3N2O2S. The fourth-order valence-electron chi connectivity index (χ4n) is 2.31. The quantitative estimate of drug-likeness (QED) is 0.904. The van der Waals surface area contributed by atoms with Crippen LogP contribution in [-0.2, 0) is 23.1 Å². The molecule has 0 unspecified atom stereocenters. The van der Waals surface area contributed by atoms with Crippen molar-refractivity contribution in [2.45, 2.75) is 37.5 Å². The van der Waals surface area contributed by atoms with Gasteiger partial charge in [-0.2, -0.15) is 17.5 Å². The number of nitrogens with one attached hydrogen (secondary N) is 1. The van der Waals surface area contributed by atoms with Gasteiger partial charge in [-0.25, -0.2) is 8.42 Å². The molecule has 0 saturated heterocycles. The van der Waals surface area contributed by atoms with Gasteiger partial charge in [-0.05, 0) is 29.7 Å². The number of halogens is 3. The number of nitrogens with zero attached hydrogens (tertiary/aromatic N) is 1. The van der Waals surface area contributed by atoms with Crippen LogP contribution in [0, 0.1) is 0 Å². The van der Waals surface area contributed by atoms with Crippen LogP contribution in [0.2, 0.25) is 0 Å². The van der Waals surface area contributed by atoms with E-state index in [4.69, 9.17) is 0 Å². The van der Waals surface area contributed by atoms with Crippen LogP contribution >= 0.6 is 0 Å². The van der Waals surface area contributed by atoms with E-state index in [2.05, 4.69) is 5.32 Å². The van der Waals surface area contributed by atoms with Crippen molar-refractivity contribution in [3.8, 4) is 0 Å². The largest absolute Gasteiger partial charge is 0.402 e. The number of hydrogen-bond acceptors (Lipinski definition) is 3. The van der Waals surface area contributed by atoms with Crippen molar-refractivity contribution in [1.29, 1.82) is 0 Å². The Kier molecular flexibility index (Phi) is 4.60. The van der Waals surface area contributed by atoms with Crippen molar-refractivity contribution in [3.05, 3.63) is 29.3 Å². The molecule has 0 radical (unpaired) electrons. The van der Waals surface area contributed by atoms with Crippen LogP contribution in [0.25, 0.3) is 0 Å². The highest BCUT2D eigenvalue weighted by molar-refractivity contribution is 7.89. The molecule has 118 valence electrons. The Bertz CT molecular complexity index is 614. The van der Waals surface area contributed by atoms with Gasteiger partial charge in [0, 0.05) is 19.6 Å². The van der Waals surface area contributed by atoms with Crippen LogP contribution in [0.4, 0.5) is 13.2 Å². The summed E-state index contributed by atoms with van der Waals surface area (Å²) in [6, 6.07) is 4.49. The normalized spacial score (nSPS) is 15.5. The molecule has 0 fully saturated rings. The number of benzene rings is 1. The standard InChI is InChI=1S/C13H17F3N2O2S/c1-2-5-18(9-13(14,15)16)21(19,20)12-4-3-10-7-17-8-11(10)6-12/h3-4,6,17H,2,5,7-9H2,1H3. The van der Waals surface area contributed by atoms with E-state index >= 15 is 0 Å². The van der Waals surface area contributed by atoms with E-state index in [9.17, 15) is 21.6 Å². The third-order valence-electron chi connectivity index (χ3n) is 3.28. The van der Waals surface area contributed by atoms with Crippen molar-refractivity contribution >= 4 is 10.0 Å². The molecule has 1 heterocycles. The molecule has 0 bridgehead atoms. The molecule has 0 aromatic heterocycles. The highest BCUT2D eigenvalue weighted by Crippen LogP contribution is 2.25. The van der Waals surface area contributed by atoms with Crippen LogP contribution in [0.15, 0.2) is 23.1 Å². The van der Waals surface area contributed by atoms with Gasteiger partial charge in [0.15, 0.2) is 0 Å². The Balaban J connectivity index is 2.33. The molecule has 1 aromatic carbocycles. The summed E-state index contributed by atoms with van der Waals surface area (Å²) < 4.78 is 63.0. The van der Waals surface area contributed by atoms with Gasteiger partial charge in [-0.15, -0.1) is 0 Å². The van der Waals surface area contributed by atoms with Crippen LogP contribution in [0.3, 0.4) is 0 Å². The van der Waals surface area contributed by atoms with Crippen molar-refractivity contribution < 1.29 is 21.6 Å². The SMILES string of the molecule is CCCN(CC(F)(F)F)S(=O)(=O)c1ccc2c(c1)CNC2. The molecule has 21 heavy (non-hydrogen) atoms. The van der Waals surface area contributed by atoms with Gasteiger partial charge < -0.3 is 5.32 Å². The second-order valence-electron chi connectivity index (χ2n) is 4.99. The number of fused-ring (bicyclic) bond motifs is 1. The summed E-state index contributed by atoms with van der Waals surface area (Å²) in [5.74, 6) is 0. The van der Waals surface area contributed by atoms with E-state index in [0.29, 0.717) is 23.8 Å². The summed E-state index contributed by atoms with van der Waals surface area (Å²) in [4.78, 5) is -0.0809. The Morgan fingerprint density at radius 1 is 1.24 bits per heavy atom. The van der Waals surface area contributed by atoms with E-state index in [0.717, 1.165) is 11.1 Å². The maximum atomic E-state index is 12.6. The zero-order valence-corrected chi connectivity index (χ0v) is 12.4. The zero-order chi connectivity index (χ0) is 15.7. The van der Waals surface area contributed by atoms with Crippen LogP contribution in [0.1, 0.15) is 24.5 Å². The fourth-order valence-corrected chi connectivity index (χ4v) is 3.88. The molecule has 1 aliphatic heterocycles. The Labute approximate surface area is 122 Å². The van der Waals surface area contributed by atoms with Crippen molar-refractivity contribution in [1.82, 2.24) is 9.62 Å². The monoisotopic (exact) mass is 322 g/mol. The lowest BCUT2D eigenvalue weighted by molar-refractivity contribution is -0.136. The lowest BCUT2D eigenvalue weighted by Gasteiger charge is -2.23. The maximum Gasteiger partial charge on any atom is 0.402 e. The molecule has 0 atom stereocenters. The van der Waals surface area contributed by atoms with Gasteiger partial charge in [-0.3, -0.25) is 0 Å². The molecule has 1 aromatic rings. The molecule has 0 spiro atoms. The lowest BCUT2D eigenvalue weighted by Crippen LogP contribution is -2.39. The predicted molar refractivity (Wildman–Crippen MR) is 72.1 cm³/mol. The van der Waals surface area contributed by atoms with E-state index in [1.54, 1.807) is 13.0 Å². The second-order valence-corrected chi connectivity index (χ2v) is 6.93. The minimum atomic E-state index is -4.56. The Morgan fingerprint density at radius 3 is 2.52 bits per heavy atom. The van der Waals surface area contributed by atoms with Gasteiger partial charge >= 0.3 is 6.18 Å². The van der Waals surface area contributed by atoms with Gasteiger partial charge in [-0.1, -0.05) is 13.0 Å². The minimum absolute atomic E-state index is 0.0809. The summed E-state index contributed by atoms with van der Waals surface area (Å²) in [6.07, 6.45) is -4.23. The smallest absolute Gasteiger partial charge is 0.309 e. The zero-order valence-electron chi connectivity index (χ0n) is 11.6. The first-order valence-corrected chi connectivity index (χ1v) is 8.07. The molecule has 0 aliphatic carbocycles. The third kappa shape index (κ3) is 3.75. The molecule has 8 heteroatoms. The van der Waals surface area contributed by atoms with Crippen molar-refractivity contribution in [2.24, 2.45) is 0 Å². The Hall–Kier alpha value is -1.12. The molecule has 4 nitrogen and oxygen atoms in total. The number of alkyl halides is 3. The third-order valence-corrected chi connectivity index (χ3v) is 5.12. The summed E-state index contributed by atoms with van der Waals surface area (Å²) in [5, 5.41) is 3.07. The summed E-state index contributed by atoms with van der Waals surface area (Å²) in [6.45, 7) is 1.21. The van der Waals surface area contributed by atoms with Crippen LogP contribution in [0.5, 0.6) is 0 Å². The topological polar surface area (TPSA) is 49.4 Å². The van der Waals surface area contributed by atoms with Crippen molar-refractivity contribution in [2.75, 3.05) is 13.1 Å². The molecule has 1 aliphatic rings. The first-order valence-electron chi connectivity index (χ1n) is 6.63. The fraction of sp³-hybridized carbons (Fsp3) is 0.538. The first kappa shape index (κ1) is 16.3. The van der Waals surface area contributed by atoms with E-state index in [1.165, 1.54) is 12.1 Å². The second kappa shape index (κ2) is 5.94. The number of sulfonamides is 1. The summed E-state index contributed by atoms with van der Waals surface area (Å²) in [5.41, 5.74) is 1.80. The van der Waals surface area contributed by atoms with Crippen LogP contribution in [-0.4, -0.2) is 32.0 Å². The highest BCUT2D eigenvalue weighted by Gasteiger charge is 2.36. The average Bonchev–Trinajstić information content (AvgIpc) is 2.83. The van der Waals surface area contributed by atoms with E-state index in [-0.39, 0.29) is 11.4 Å². The van der Waals surface area contributed by atoms with Gasteiger partial charge in [0.2, 0.25) is 10.0 Å². The van der Waals surface area contributed by atoms with Gasteiger partial charge in [0.25, 0.3) is 0 Å². The highest BCUT2D eigenvalue weighted by atomic mass is 32.2. The molecule has 0 saturated carbocycles. The predicted octanol–water partition coefficient (Wildman–Crippen LogP) is 2.25. The number of hydrogen-bond donors (Lipinski definition) is 1. The maximum absolute atomic E-state index is 12.6. The van der Waals surface area contributed by atoms with Crippen LogP contribution < -0.4 is 5.32 Å².